The molecule has 0 fully saturated rings. The molecule has 1 unspecified atom stereocenters. The third-order valence-electron chi connectivity index (χ3n) is 2.46. The number of anilines is 1. The van der Waals surface area contributed by atoms with Crippen LogP contribution in [0.1, 0.15) is 13.8 Å². The average Bonchev–Trinajstić information content (AvgIpc) is 2.32. The Morgan fingerprint density at radius 1 is 1.15 bits per heavy atom. The van der Waals surface area contributed by atoms with E-state index < -0.39 is 35.5 Å². The maximum atomic E-state index is 12.9. The largest absolute Gasteiger partial charge is 0.480 e. The number of carboxylic acid groups (broad SMARTS) is 1. The summed E-state index contributed by atoms with van der Waals surface area (Å²) >= 11 is 0. The van der Waals surface area contributed by atoms with Gasteiger partial charge in [-0.25, -0.2) is 22.8 Å². The van der Waals surface area contributed by atoms with Crippen LogP contribution in [0.2, 0.25) is 0 Å². The first-order chi connectivity index (χ1) is 9.22. The van der Waals surface area contributed by atoms with Gasteiger partial charge in [-0.3, -0.25) is 0 Å². The minimum atomic E-state index is -1.65. The van der Waals surface area contributed by atoms with Crippen molar-refractivity contribution in [3.05, 3.63) is 29.6 Å². The Balaban J connectivity index is 2.78. The summed E-state index contributed by atoms with van der Waals surface area (Å²) in [4.78, 5) is 22.4. The second kappa shape index (κ2) is 6.27. The molecule has 5 nitrogen and oxygen atoms in total. The van der Waals surface area contributed by atoms with Crippen LogP contribution in [0.25, 0.3) is 0 Å². The van der Waals surface area contributed by atoms with E-state index in [1.165, 1.54) is 0 Å². The van der Waals surface area contributed by atoms with Gasteiger partial charge < -0.3 is 15.7 Å². The van der Waals surface area contributed by atoms with Crippen molar-refractivity contribution in [2.75, 3.05) is 5.32 Å². The first-order valence-electron chi connectivity index (χ1n) is 5.67. The molecule has 20 heavy (non-hydrogen) atoms. The van der Waals surface area contributed by atoms with Crippen LogP contribution in [0, 0.1) is 23.4 Å². The minimum absolute atomic E-state index is 0.327. The highest BCUT2D eigenvalue weighted by atomic mass is 19.2. The van der Waals surface area contributed by atoms with Gasteiger partial charge in [-0.05, 0) is 5.92 Å². The van der Waals surface area contributed by atoms with Gasteiger partial charge in [0.05, 0.1) is 0 Å². The highest BCUT2D eigenvalue weighted by Gasteiger charge is 2.23. The van der Waals surface area contributed by atoms with E-state index in [1.54, 1.807) is 13.8 Å². The summed E-state index contributed by atoms with van der Waals surface area (Å²) in [5, 5.41) is 13.0. The molecule has 0 heterocycles. The first kappa shape index (κ1) is 15.8. The molecule has 0 aliphatic heterocycles. The molecule has 110 valence electrons. The molecule has 8 heteroatoms. The van der Waals surface area contributed by atoms with E-state index in [9.17, 15) is 22.8 Å². The van der Waals surface area contributed by atoms with E-state index >= 15 is 0 Å². The number of carbonyl (C=O) groups is 2. The van der Waals surface area contributed by atoms with Crippen LogP contribution in [0.5, 0.6) is 0 Å². The summed E-state index contributed by atoms with van der Waals surface area (Å²) in [7, 11) is 0. The topological polar surface area (TPSA) is 78.4 Å². The number of nitrogens with one attached hydrogen (secondary N) is 2. The van der Waals surface area contributed by atoms with Crippen LogP contribution in [-0.4, -0.2) is 23.1 Å². The molecule has 0 saturated carbocycles. The summed E-state index contributed by atoms with van der Waals surface area (Å²) in [6, 6.07) is -0.951. The molecule has 0 spiro atoms. The number of benzene rings is 1. The summed E-state index contributed by atoms with van der Waals surface area (Å²) in [6.45, 7) is 3.16. The van der Waals surface area contributed by atoms with E-state index in [-0.39, 0.29) is 11.6 Å². The van der Waals surface area contributed by atoms with Gasteiger partial charge in [0.15, 0.2) is 17.5 Å². The molecule has 0 bridgehead atoms. The molecular weight excluding hydrogens is 277 g/mol. The molecule has 3 N–H and O–H groups in total. The van der Waals surface area contributed by atoms with E-state index in [0.717, 1.165) is 0 Å². The predicted molar refractivity (Wildman–Crippen MR) is 64.7 cm³/mol. The Bertz CT molecular complexity index is 512. The molecule has 0 saturated heterocycles. The smallest absolute Gasteiger partial charge is 0.326 e. The second-order valence-electron chi connectivity index (χ2n) is 4.41. The first-order valence-corrected chi connectivity index (χ1v) is 5.67. The van der Waals surface area contributed by atoms with Crippen molar-refractivity contribution < 1.29 is 27.9 Å². The summed E-state index contributed by atoms with van der Waals surface area (Å²) in [5.41, 5.74) is -0.327. The zero-order chi connectivity index (χ0) is 15.4. The zero-order valence-electron chi connectivity index (χ0n) is 10.7. The summed E-state index contributed by atoms with van der Waals surface area (Å²) in [6.07, 6.45) is 0. The number of halogens is 3. The van der Waals surface area contributed by atoms with Crippen molar-refractivity contribution in [1.82, 2.24) is 5.32 Å². The van der Waals surface area contributed by atoms with Crippen molar-refractivity contribution in [2.24, 2.45) is 5.92 Å². The lowest BCUT2D eigenvalue weighted by Crippen LogP contribution is -2.46. The molecule has 2 amide bonds. The number of hydrogen-bond acceptors (Lipinski definition) is 2. The number of rotatable bonds is 4. The number of hydrogen-bond donors (Lipinski definition) is 3. The van der Waals surface area contributed by atoms with E-state index in [2.05, 4.69) is 5.32 Å². The Morgan fingerprint density at radius 2 is 1.65 bits per heavy atom. The highest BCUT2D eigenvalue weighted by molar-refractivity contribution is 5.92. The standard InChI is InChI=1S/C12H13F3N2O3/c1-5(2)10(11(18)19)17-12(20)16-6-3-7(13)9(15)8(14)4-6/h3-5,10H,1-2H3,(H,18,19)(H2,16,17,20). The molecule has 0 aromatic heterocycles. The predicted octanol–water partition coefficient (Wildman–Crippen LogP) is 2.33. The van der Waals surface area contributed by atoms with Crippen molar-refractivity contribution in [3.63, 3.8) is 0 Å². The highest BCUT2D eigenvalue weighted by Crippen LogP contribution is 2.17. The van der Waals surface area contributed by atoms with Crippen LogP contribution in [0.3, 0.4) is 0 Å². The monoisotopic (exact) mass is 290 g/mol. The maximum Gasteiger partial charge on any atom is 0.326 e. The van der Waals surface area contributed by atoms with Gasteiger partial charge in [0.25, 0.3) is 0 Å². The van der Waals surface area contributed by atoms with Gasteiger partial charge in [-0.1, -0.05) is 13.8 Å². The van der Waals surface area contributed by atoms with Crippen LogP contribution in [-0.2, 0) is 4.79 Å². The lowest BCUT2D eigenvalue weighted by molar-refractivity contribution is -0.140. The van der Waals surface area contributed by atoms with Crippen LogP contribution < -0.4 is 10.6 Å². The van der Waals surface area contributed by atoms with E-state index in [1.807, 2.05) is 5.32 Å². The number of amides is 2. The van der Waals surface area contributed by atoms with Gasteiger partial charge in [0.2, 0.25) is 0 Å². The zero-order valence-corrected chi connectivity index (χ0v) is 10.7. The number of aliphatic carboxylic acids is 1. The van der Waals surface area contributed by atoms with Crippen LogP contribution in [0.15, 0.2) is 12.1 Å². The Hall–Kier alpha value is -2.25. The van der Waals surface area contributed by atoms with Gasteiger partial charge in [0.1, 0.15) is 6.04 Å². The van der Waals surface area contributed by atoms with Gasteiger partial charge in [-0.2, -0.15) is 0 Å². The van der Waals surface area contributed by atoms with Crippen molar-refractivity contribution in [1.29, 1.82) is 0 Å². The molecule has 0 aliphatic rings. The van der Waals surface area contributed by atoms with Crippen molar-refractivity contribution in [2.45, 2.75) is 19.9 Å². The normalized spacial score (nSPS) is 12.1. The fourth-order valence-electron chi connectivity index (χ4n) is 1.45. The Kier molecular flexibility index (Phi) is 4.95. The molecular formula is C12H13F3N2O3. The maximum absolute atomic E-state index is 12.9. The Morgan fingerprint density at radius 3 is 2.05 bits per heavy atom. The van der Waals surface area contributed by atoms with E-state index in [0.29, 0.717) is 12.1 Å². The lowest BCUT2D eigenvalue weighted by atomic mass is 10.1. The lowest BCUT2D eigenvalue weighted by Gasteiger charge is -2.18. The fraction of sp³-hybridized carbons (Fsp3) is 0.333. The SMILES string of the molecule is CC(C)C(NC(=O)Nc1cc(F)c(F)c(F)c1)C(=O)O. The third kappa shape index (κ3) is 3.87. The minimum Gasteiger partial charge on any atom is -0.480 e. The van der Waals surface area contributed by atoms with Crippen molar-refractivity contribution >= 4 is 17.7 Å². The molecule has 1 aromatic rings. The molecule has 1 rings (SSSR count). The number of carboxylic acids is 1. The fourth-order valence-corrected chi connectivity index (χ4v) is 1.45. The van der Waals surface area contributed by atoms with Crippen molar-refractivity contribution in [3.8, 4) is 0 Å². The Labute approximate surface area is 112 Å². The number of carbonyl (C=O) groups excluding carboxylic acids is 1. The van der Waals surface area contributed by atoms with Gasteiger partial charge >= 0.3 is 12.0 Å². The van der Waals surface area contributed by atoms with Gasteiger partial charge in [-0.15, -0.1) is 0 Å². The number of urea groups is 1. The molecule has 1 aromatic carbocycles. The van der Waals surface area contributed by atoms with Crippen LogP contribution >= 0.6 is 0 Å². The quantitative estimate of drug-likeness (QED) is 0.745. The second-order valence-corrected chi connectivity index (χ2v) is 4.41. The molecule has 0 aliphatic carbocycles. The average molecular weight is 290 g/mol. The molecule has 0 radical (unpaired) electrons. The summed E-state index contributed by atoms with van der Waals surface area (Å²) in [5.74, 6) is -6.20. The van der Waals surface area contributed by atoms with Crippen LogP contribution in [0.4, 0.5) is 23.7 Å². The molecule has 1 atom stereocenters. The van der Waals surface area contributed by atoms with Gasteiger partial charge in [0, 0.05) is 17.8 Å². The summed E-state index contributed by atoms with van der Waals surface area (Å²) < 4.78 is 38.6. The van der Waals surface area contributed by atoms with E-state index in [4.69, 9.17) is 5.11 Å². The third-order valence-corrected chi connectivity index (χ3v) is 2.46.